The summed E-state index contributed by atoms with van der Waals surface area (Å²) in [4.78, 5) is 61.9. The van der Waals surface area contributed by atoms with Gasteiger partial charge in [-0.1, -0.05) is 46.0 Å². The average molecular weight is 484 g/mol. The second-order valence-corrected chi connectivity index (χ2v) is 10.2. The van der Waals surface area contributed by atoms with Crippen LogP contribution in [0.3, 0.4) is 0 Å². The van der Waals surface area contributed by atoms with Crippen LogP contribution >= 0.6 is 0 Å². The summed E-state index contributed by atoms with van der Waals surface area (Å²) >= 11 is 0. The van der Waals surface area contributed by atoms with Gasteiger partial charge in [-0.15, -0.1) is 0 Å². The van der Waals surface area contributed by atoms with Crippen molar-refractivity contribution in [3.05, 3.63) is 38.2 Å². The molecule has 2 fully saturated rings. The van der Waals surface area contributed by atoms with Gasteiger partial charge in [0.05, 0.1) is 10.9 Å². The molecule has 1 N–H and O–H groups in total. The summed E-state index contributed by atoms with van der Waals surface area (Å²) in [6.07, 6.45) is 7.88. The monoisotopic (exact) mass is 483 g/mol. The van der Waals surface area contributed by atoms with Gasteiger partial charge in [0.2, 0.25) is 5.91 Å². The number of pyridine rings is 1. The number of carbonyl (C=O) groups excluding carboxylic acids is 2. The van der Waals surface area contributed by atoms with Gasteiger partial charge >= 0.3 is 5.69 Å². The van der Waals surface area contributed by atoms with Gasteiger partial charge in [0.1, 0.15) is 0 Å². The van der Waals surface area contributed by atoms with Crippen molar-refractivity contribution in [2.45, 2.75) is 78.2 Å². The smallest absolute Gasteiger partial charge is 0.329 e. The maximum atomic E-state index is 13.6. The molecule has 0 unspecified atom stereocenters. The van der Waals surface area contributed by atoms with E-state index in [1.54, 1.807) is 17.9 Å². The standard InChI is InChI=1S/C26H37N5O4/c1-4-31-23-22(24(33)28-26(31)35)19(16-20(27-23)17(2)3)25(34)30-14-12-29(13-15-30)21(32)11-10-18-8-6-5-7-9-18/h16-18H,4-15H2,1-3H3,(H,28,33,35). The number of nitrogens with zero attached hydrogens (tertiary/aromatic N) is 4. The van der Waals surface area contributed by atoms with Crippen LogP contribution in [0.4, 0.5) is 0 Å². The molecule has 0 spiro atoms. The van der Waals surface area contributed by atoms with E-state index in [1.807, 2.05) is 18.7 Å². The molecule has 9 heteroatoms. The Bertz CT molecular complexity index is 1200. The Hall–Kier alpha value is -2.97. The number of hydrogen-bond donors (Lipinski definition) is 1. The van der Waals surface area contributed by atoms with Crippen molar-refractivity contribution < 1.29 is 9.59 Å². The highest BCUT2D eigenvalue weighted by Gasteiger charge is 2.28. The van der Waals surface area contributed by atoms with Crippen LogP contribution < -0.4 is 11.2 Å². The number of H-pyrrole nitrogens is 1. The third-order valence-electron chi connectivity index (χ3n) is 7.52. The summed E-state index contributed by atoms with van der Waals surface area (Å²) in [6, 6.07) is 1.68. The number of piperazine rings is 1. The highest BCUT2D eigenvalue weighted by molar-refractivity contribution is 6.05. The fourth-order valence-corrected chi connectivity index (χ4v) is 5.34. The zero-order valence-corrected chi connectivity index (χ0v) is 21.1. The van der Waals surface area contributed by atoms with Crippen LogP contribution in [-0.2, 0) is 11.3 Å². The summed E-state index contributed by atoms with van der Waals surface area (Å²) in [6.45, 7) is 7.87. The molecule has 1 aliphatic carbocycles. The first kappa shape index (κ1) is 25.1. The number of fused-ring (bicyclic) bond motifs is 1. The zero-order chi connectivity index (χ0) is 25.1. The largest absolute Gasteiger partial charge is 0.339 e. The molecule has 1 saturated carbocycles. The van der Waals surface area contributed by atoms with Crippen LogP contribution in [0.25, 0.3) is 11.0 Å². The van der Waals surface area contributed by atoms with Gasteiger partial charge in [-0.25, -0.2) is 9.78 Å². The van der Waals surface area contributed by atoms with Crippen LogP contribution in [0.2, 0.25) is 0 Å². The maximum Gasteiger partial charge on any atom is 0.329 e. The number of carbonyl (C=O) groups is 2. The Morgan fingerprint density at radius 2 is 1.71 bits per heavy atom. The average Bonchev–Trinajstić information content (AvgIpc) is 2.87. The summed E-state index contributed by atoms with van der Waals surface area (Å²) in [5.74, 6) is 0.594. The van der Waals surface area contributed by atoms with E-state index in [9.17, 15) is 19.2 Å². The van der Waals surface area contributed by atoms with E-state index in [2.05, 4.69) is 9.97 Å². The summed E-state index contributed by atoms with van der Waals surface area (Å²) < 4.78 is 1.39. The molecule has 2 aliphatic rings. The number of aromatic nitrogens is 3. The molecular weight excluding hydrogens is 446 g/mol. The first-order chi connectivity index (χ1) is 16.8. The Kier molecular flexibility index (Phi) is 7.72. The Morgan fingerprint density at radius 3 is 2.34 bits per heavy atom. The molecule has 4 rings (SSSR count). The summed E-state index contributed by atoms with van der Waals surface area (Å²) in [5.41, 5.74) is 0.0330. The molecule has 1 aliphatic heterocycles. The topological polar surface area (TPSA) is 108 Å². The minimum Gasteiger partial charge on any atom is -0.339 e. The van der Waals surface area contributed by atoms with Crippen molar-refractivity contribution >= 4 is 22.8 Å². The lowest BCUT2D eigenvalue weighted by Crippen LogP contribution is -2.50. The minimum atomic E-state index is -0.600. The number of rotatable bonds is 6. The lowest BCUT2D eigenvalue weighted by Gasteiger charge is -2.35. The lowest BCUT2D eigenvalue weighted by molar-refractivity contribution is -0.133. The second kappa shape index (κ2) is 10.7. The van der Waals surface area contributed by atoms with E-state index in [0.29, 0.717) is 50.8 Å². The number of hydrogen-bond acceptors (Lipinski definition) is 5. The van der Waals surface area contributed by atoms with Gasteiger partial charge in [-0.05, 0) is 31.2 Å². The fourth-order valence-electron chi connectivity index (χ4n) is 5.34. The van der Waals surface area contributed by atoms with Crippen LogP contribution in [0, 0.1) is 5.92 Å². The second-order valence-electron chi connectivity index (χ2n) is 10.2. The molecule has 0 atom stereocenters. The molecule has 2 amide bonds. The summed E-state index contributed by atoms with van der Waals surface area (Å²) in [7, 11) is 0. The van der Waals surface area contributed by atoms with Gasteiger partial charge in [0.15, 0.2) is 5.65 Å². The zero-order valence-electron chi connectivity index (χ0n) is 21.1. The van der Waals surface area contributed by atoms with Crippen molar-refractivity contribution in [3.8, 4) is 0 Å². The highest BCUT2D eigenvalue weighted by atomic mass is 16.2. The molecule has 0 bridgehead atoms. The van der Waals surface area contributed by atoms with Crippen LogP contribution in [-0.4, -0.2) is 62.3 Å². The number of aryl methyl sites for hydroxylation is 1. The highest BCUT2D eigenvalue weighted by Crippen LogP contribution is 2.28. The predicted molar refractivity (Wildman–Crippen MR) is 135 cm³/mol. The molecule has 9 nitrogen and oxygen atoms in total. The minimum absolute atomic E-state index is 0.0179. The van der Waals surface area contributed by atoms with E-state index in [4.69, 9.17) is 0 Å². The van der Waals surface area contributed by atoms with Gasteiger partial charge < -0.3 is 9.80 Å². The van der Waals surface area contributed by atoms with Crippen molar-refractivity contribution in [3.63, 3.8) is 0 Å². The van der Waals surface area contributed by atoms with Crippen molar-refractivity contribution in [2.24, 2.45) is 5.92 Å². The molecule has 2 aromatic rings. The van der Waals surface area contributed by atoms with Gasteiger partial charge in [0, 0.05) is 44.8 Å². The van der Waals surface area contributed by atoms with Gasteiger partial charge in [-0.2, -0.15) is 0 Å². The number of aromatic amines is 1. The fraction of sp³-hybridized carbons (Fsp3) is 0.654. The van der Waals surface area contributed by atoms with Crippen LogP contribution in [0.5, 0.6) is 0 Å². The molecule has 1 saturated heterocycles. The predicted octanol–water partition coefficient (Wildman–Crippen LogP) is 2.87. The normalized spacial score (nSPS) is 17.4. The third kappa shape index (κ3) is 5.33. The maximum absolute atomic E-state index is 13.6. The molecule has 3 heterocycles. The molecule has 35 heavy (non-hydrogen) atoms. The first-order valence-corrected chi connectivity index (χ1v) is 13.0. The molecule has 0 radical (unpaired) electrons. The SMILES string of the molecule is CCn1c(=O)[nH]c(=O)c2c(C(=O)N3CCN(C(=O)CCC4CCCCC4)CC3)cc(C(C)C)nc21. The molecule has 190 valence electrons. The van der Waals surface area contributed by atoms with E-state index in [0.717, 1.165) is 6.42 Å². The first-order valence-electron chi connectivity index (χ1n) is 13.0. The van der Waals surface area contributed by atoms with E-state index >= 15 is 0 Å². The number of amides is 2. The van der Waals surface area contributed by atoms with Gasteiger partial charge in [0.25, 0.3) is 11.5 Å². The summed E-state index contributed by atoms with van der Waals surface area (Å²) in [5, 5.41) is 0.145. The molecular formula is C26H37N5O4. The quantitative estimate of drug-likeness (QED) is 0.680. The van der Waals surface area contributed by atoms with E-state index in [-0.39, 0.29) is 34.3 Å². The Morgan fingerprint density at radius 1 is 1.06 bits per heavy atom. The Labute approximate surface area is 205 Å². The van der Waals surface area contributed by atoms with Crippen molar-refractivity contribution in [2.75, 3.05) is 26.2 Å². The van der Waals surface area contributed by atoms with Crippen LogP contribution in [0.1, 0.15) is 87.7 Å². The van der Waals surface area contributed by atoms with Gasteiger partial charge in [-0.3, -0.25) is 23.9 Å². The van der Waals surface area contributed by atoms with E-state index < -0.39 is 11.2 Å². The van der Waals surface area contributed by atoms with Crippen molar-refractivity contribution in [1.82, 2.24) is 24.3 Å². The Balaban J connectivity index is 1.51. The molecule has 2 aromatic heterocycles. The van der Waals surface area contributed by atoms with Crippen molar-refractivity contribution in [1.29, 1.82) is 0 Å². The van der Waals surface area contributed by atoms with E-state index in [1.165, 1.54) is 36.7 Å². The third-order valence-corrected chi connectivity index (χ3v) is 7.52. The lowest BCUT2D eigenvalue weighted by atomic mass is 9.86. The van der Waals surface area contributed by atoms with Crippen LogP contribution in [0.15, 0.2) is 15.7 Å². The molecule has 0 aromatic carbocycles. The number of nitrogens with one attached hydrogen (secondary N) is 1.